The van der Waals surface area contributed by atoms with Gasteiger partial charge in [0.15, 0.2) is 0 Å². The van der Waals surface area contributed by atoms with Gasteiger partial charge in [-0.15, -0.1) is 0 Å². The molecule has 1 aliphatic rings. The first kappa shape index (κ1) is 25.1. The molecule has 1 unspecified atom stereocenters. The van der Waals surface area contributed by atoms with E-state index in [4.69, 9.17) is 4.74 Å². The van der Waals surface area contributed by atoms with Crippen molar-refractivity contribution in [3.8, 4) is 0 Å². The number of piperidine rings is 1. The van der Waals surface area contributed by atoms with E-state index in [-0.39, 0.29) is 55.3 Å². The number of aromatic nitrogens is 2. The van der Waals surface area contributed by atoms with Gasteiger partial charge in [-0.05, 0) is 47.5 Å². The van der Waals surface area contributed by atoms with Gasteiger partial charge in [0.1, 0.15) is 23.5 Å². The number of ether oxygens (including phenoxy) is 1. The fourth-order valence-corrected chi connectivity index (χ4v) is 3.56. The van der Waals surface area contributed by atoms with E-state index in [1.165, 1.54) is 11.6 Å². The molecule has 2 rings (SSSR count). The number of carbonyl (C=O) groups excluding carboxylic acids is 3. The van der Waals surface area contributed by atoms with Gasteiger partial charge in [0.05, 0.1) is 10.8 Å². The molecular formula is C20H32N6O6. The fourth-order valence-electron chi connectivity index (χ4n) is 3.56. The van der Waals surface area contributed by atoms with Gasteiger partial charge in [0.2, 0.25) is 11.8 Å². The summed E-state index contributed by atoms with van der Waals surface area (Å²) in [5.41, 5.74) is -0.0986. The third-order valence-electron chi connectivity index (χ3n) is 5.05. The molecule has 2 heterocycles. The van der Waals surface area contributed by atoms with Gasteiger partial charge in [-0.3, -0.25) is 24.4 Å². The average Bonchev–Trinajstić information content (AvgIpc) is 2.96. The number of aryl methyl sites for hydroxylation is 1. The van der Waals surface area contributed by atoms with Crippen LogP contribution in [0.4, 0.5) is 10.5 Å². The summed E-state index contributed by atoms with van der Waals surface area (Å²) in [6.07, 6.45) is 0.781. The predicted molar refractivity (Wildman–Crippen MR) is 115 cm³/mol. The lowest BCUT2D eigenvalue weighted by Crippen LogP contribution is -2.47. The van der Waals surface area contributed by atoms with Crippen molar-refractivity contribution in [2.75, 3.05) is 26.2 Å². The van der Waals surface area contributed by atoms with Crippen LogP contribution in [-0.2, 0) is 20.9 Å². The zero-order valence-corrected chi connectivity index (χ0v) is 19.3. The average molecular weight is 453 g/mol. The van der Waals surface area contributed by atoms with Crippen molar-refractivity contribution in [1.29, 1.82) is 0 Å². The largest absolute Gasteiger partial charge is 0.444 e. The van der Waals surface area contributed by atoms with Crippen LogP contribution in [0.1, 0.15) is 45.0 Å². The van der Waals surface area contributed by atoms with Gasteiger partial charge in [0, 0.05) is 26.2 Å². The lowest BCUT2D eigenvalue weighted by Gasteiger charge is -2.32. The van der Waals surface area contributed by atoms with Crippen molar-refractivity contribution >= 4 is 23.6 Å². The third kappa shape index (κ3) is 6.92. The smallest absolute Gasteiger partial charge is 0.407 e. The highest BCUT2D eigenvalue weighted by atomic mass is 16.6. The molecule has 2 N–H and O–H groups in total. The zero-order chi connectivity index (χ0) is 24.1. The van der Waals surface area contributed by atoms with Gasteiger partial charge in [-0.2, -0.15) is 5.10 Å². The van der Waals surface area contributed by atoms with E-state index in [0.717, 1.165) is 0 Å². The van der Waals surface area contributed by atoms with Gasteiger partial charge in [-0.1, -0.05) is 0 Å². The first-order chi connectivity index (χ1) is 14.9. The van der Waals surface area contributed by atoms with E-state index in [9.17, 15) is 24.5 Å². The van der Waals surface area contributed by atoms with Crippen molar-refractivity contribution in [3.63, 3.8) is 0 Å². The Morgan fingerprint density at radius 2 is 1.88 bits per heavy atom. The number of amides is 3. The Labute approximate surface area is 186 Å². The van der Waals surface area contributed by atoms with Crippen molar-refractivity contribution in [2.45, 2.75) is 59.6 Å². The minimum absolute atomic E-state index is 0.0892. The predicted octanol–water partition coefficient (Wildman–Crippen LogP) is 1.29. The second kappa shape index (κ2) is 10.4. The van der Waals surface area contributed by atoms with E-state index in [1.807, 2.05) is 0 Å². The van der Waals surface area contributed by atoms with E-state index < -0.39 is 16.6 Å². The zero-order valence-electron chi connectivity index (χ0n) is 19.3. The van der Waals surface area contributed by atoms with Gasteiger partial charge in [0.25, 0.3) is 0 Å². The maximum absolute atomic E-state index is 12.7. The summed E-state index contributed by atoms with van der Waals surface area (Å²) in [5, 5.41) is 20.6. The normalized spacial score (nSPS) is 16.4. The van der Waals surface area contributed by atoms with Gasteiger partial charge >= 0.3 is 11.8 Å². The summed E-state index contributed by atoms with van der Waals surface area (Å²) in [6, 6.07) is 0. The molecule has 0 aromatic carbocycles. The number of likely N-dealkylation sites (tertiary alicyclic amines) is 1. The maximum atomic E-state index is 12.7. The van der Waals surface area contributed by atoms with Crippen molar-refractivity contribution < 1.29 is 24.0 Å². The number of carbonyl (C=O) groups is 3. The van der Waals surface area contributed by atoms with E-state index >= 15 is 0 Å². The molecule has 178 valence electrons. The highest BCUT2D eigenvalue weighted by Crippen LogP contribution is 2.22. The quantitative estimate of drug-likeness (QED) is 0.360. The van der Waals surface area contributed by atoms with Crippen molar-refractivity contribution in [1.82, 2.24) is 25.3 Å². The molecule has 32 heavy (non-hydrogen) atoms. The molecule has 0 bridgehead atoms. The van der Waals surface area contributed by atoms with Crippen LogP contribution in [0.2, 0.25) is 0 Å². The Balaban J connectivity index is 1.83. The number of nitro groups is 1. The first-order valence-electron chi connectivity index (χ1n) is 10.6. The Hall–Kier alpha value is -3.18. The molecule has 1 atom stereocenters. The van der Waals surface area contributed by atoms with Gasteiger partial charge in [-0.25, -0.2) is 4.79 Å². The molecule has 0 aliphatic carbocycles. The third-order valence-corrected chi connectivity index (χ3v) is 5.05. The fraction of sp³-hybridized carbons (Fsp3) is 0.700. The summed E-state index contributed by atoms with van der Waals surface area (Å²) in [6.45, 7) is 9.53. The number of hydrogen-bond acceptors (Lipinski definition) is 7. The van der Waals surface area contributed by atoms with Crippen molar-refractivity contribution in [2.24, 2.45) is 5.92 Å². The molecule has 1 aromatic heterocycles. The summed E-state index contributed by atoms with van der Waals surface area (Å²) < 4.78 is 6.46. The molecule has 0 saturated carbocycles. The van der Waals surface area contributed by atoms with Crippen molar-refractivity contribution in [3.05, 3.63) is 21.5 Å². The second-order valence-corrected chi connectivity index (χ2v) is 8.83. The molecule has 12 heteroatoms. The second-order valence-electron chi connectivity index (χ2n) is 8.83. The Morgan fingerprint density at radius 1 is 1.22 bits per heavy atom. The summed E-state index contributed by atoms with van der Waals surface area (Å²) in [5.74, 6) is -0.783. The lowest BCUT2D eigenvalue weighted by molar-refractivity contribution is -0.386. The van der Waals surface area contributed by atoms with Crippen LogP contribution in [0.5, 0.6) is 0 Å². The van der Waals surface area contributed by atoms with Crippen LogP contribution in [0.3, 0.4) is 0 Å². The summed E-state index contributed by atoms with van der Waals surface area (Å²) in [4.78, 5) is 49.1. The molecule has 1 aliphatic heterocycles. The number of alkyl carbamates (subject to hydrolysis) is 1. The first-order valence-corrected chi connectivity index (χ1v) is 10.6. The van der Waals surface area contributed by atoms with Crippen LogP contribution >= 0.6 is 0 Å². The van der Waals surface area contributed by atoms with E-state index in [0.29, 0.717) is 25.1 Å². The minimum Gasteiger partial charge on any atom is -0.444 e. The van der Waals surface area contributed by atoms with Gasteiger partial charge < -0.3 is 20.3 Å². The lowest BCUT2D eigenvalue weighted by atomic mass is 9.97. The molecule has 1 saturated heterocycles. The highest BCUT2D eigenvalue weighted by Gasteiger charge is 2.30. The minimum atomic E-state index is -0.594. The van der Waals surface area contributed by atoms with Crippen LogP contribution in [0.15, 0.2) is 0 Å². The number of nitrogens with one attached hydrogen (secondary N) is 2. The molecule has 0 radical (unpaired) electrons. The number of nitrogens with zero attached hydrogens (tertiary/aromatic N) is 4. The summed E-state index contributed by atoms with van der Waals surface area (Å²) in [7, 11) is 0. The number of rotatable bonds is 7. The SMILES string of the molecule is Cc1nn(CC(=O)N2CCCC(C(=O)NCCNC(=O)OC(C)(C)C)C2)c(C)c1[N+](=O)[O-]. The molecule has 12 nitrogen and oxygen atoms in total. The summed E-state index contributed by atoms with van der Waals surface area (Å²) >= 11 is 0. The molecule has 3 amide bonds. The topological polar surface area (TPSA) is 149 Å². The van der Waals surface area contributed by atoms with Crippen LogP contribution in [0.25, 0.3) is 0 Å². The van der Waals surface area contributed by atoms with Crippen LogP contribution in [0, 0.1) is 29.9 Å². The molecule has 0 spiro atoms. The Kier molecular flexibility index (Phi) is 8.17. The Morgan fingerprint density at radius 3 is 2.47 bits per heavy atom. The highest BCUT2D eigenvalue weighted by molar-refractivity contribution is 5.81. The number of hydrogen-bond donors (Lipinski definition) is 2. The monoisotopic (exact) mass is 452 g/mol. The van der Waals surface area contributed by atoms with Crippen LogP contribution in [-0.4, -0.2) is 69.3 Å². The Bertz CT molecular complexity index is 875. The molecular weight excluding hydrogens is 420 g/mol. The standard InChI is InChI=1S/C20H32N6O6/c1-13-17(26(30)31)14(2)25(23-13)12-16(27)24-10-6-7-15(11-24)18(28)21-8-9-22-19(29)32-20(3,4)5/h15H,6-12H2,1-5H3,(H,21,28)(H,22,29). The molecule has 1 aromatic rings. The van der Waals surface area contributed by atoms with Crippen LogP contribution < -0.4 is 10.6 Å². The van der Waals surface area contributed by atoms with E-state index in [2.05, 4.69) is 15.7 Å². The maximum Gasteiger partial charge on any atom is 0.407 e. The molecule has 1 fully saturated rings. The van der Waals surface area contributed by atoms with E-state index in [1.54, 1.807) is 32.6 Å².